The van der Waals surface area contributed by atoms with E-state index in [1.807, 2.05) is 77.5 Å². The van der Waals surface area contributed by atoms with Gasteiger partial charge in [0.15, 0.2) is 5.78 Å². The number of rotatable bonds is 7. The maximum Gasteiger partial charge on any atom is 0.227 e. The molecule has 40 heavy (non-hydrogen) atoms. The van der Waals surface area contributed by atoms with Crippen molar-refractivity contribution >= 4 is 51.0 Å². The zero-order valence-corrected chi connectivity index (χ0v) is 25.3. The highest BCUT2D eigenvalue weighted by Crippen LogP contribution is 2.46. The molecule has 1 aliphatic carbocycles. The van der Waals surface area contributed by atoms with E-state index in [1.54, 1.807) is 0 Å². The molecule has 1 aromatic heterocycles. The third kappa shape index (κ3) is 5.71. The number of hydrogen-bond acceptors (Lipinski definition) is 6. The van der Waals surface area contributed by atoms with E-state index in [0.717, 1.165) is 49.6 Å². The predicted octanol–water partition coefficient (Wildman–Crippen LogP) is 8.22. The topological polar surface area (TPSA) is 69.0 Å². The monoisotopic (exact) mass is 634 g/mol. The van der Waals surface area contributed by atoms with Gasteiger partial charge in [0.1, 0.15) is 18.4 Å². The van der Waals surface area contributed by atoms with E-state index in [-0.39, 0.29) is 17.2 Å². The number of thioether (sulfide) groups is 1. The van der Waals surface area contributed by atoms with E-state index in [0.29, 0.717) is 29.9 Å². The van der Waals surface area contributed by atoms with Gasteiger partial charge in [0.05, 0.1) is 0 Å². The molecule has 0 saturated heterocycles. The third-order valence-corrected chi connectivity index (χ3v) is 8.93. The normalized spacial score (nSPS) is 17.7. The summed E-state index contributed by atoms with van der Waals surface area (Å²) in [7, 11) is 0. The summed E-state index contributed by atoms with van der Waals surface area (Å²) in [6.07, 6.45) is 1.27. The van der Waals surface area contributed by atoms with E-state index in [4.69, 9.17) is 26.4 Å². The molecular weight excluding hydrogens is 608 g/mol. The van der Waals surface area contributed by atoms with Crippen molar-refractivity contribution in [2.75, 3.05) is 5.32 Å². The Morgan fingerprint density at radius 2 is 1.82 bits per heavy atom. The molecule has 1 unspecified atom stereocenters. The molecule has 204 valence electrons. The summed E-state index contributed by atoms with van der Waals surface area (Å²) in [5, 5.41) is 9.67. The van der Waals surface area contributed by atoms with Gasteiger partial charge >= 0.3 is 0 Å². The zero-order chi connectivity index (χ0) is 27.9. The summed E-state index contributed by atoms with van der Waals surface area (Å²) in [6.45, 7) is 4.74. The number of nitrogens with zero attached hydrogens (tertiary/aromatic N) is 3. The molecule has 0 radical (unpaired) electrons. The Bertz CT molecular complexity index is 1600. The van der Waals surface area contributed by atoms with Crippen molar-refractivity contribution in [3.8, 4) is 5.75 Å². The molecule has 1 N–H and O–H groups in total. The van der Waals surface area contributed by atoms with Gasteiger partial charge in [-0.15, -0.1) is 5.10 Å². The van der Waals surface area contributed by atoms with Crippen molar-refractivity contribution in [2.24, 2.45) is 5.41 Å². The number of carbonyl (C=O) groups is 1. The second-order valence-electron chi connectivity index (χ2n) is 10.9. The number of nitrogens with one attached hydrogen (secondary N) is 1. The number of allylic oxidation sites excluding steroid dienone is 2. The lowest BCUT2D eigenvalue weighted by Crippen LogP contribution is -2.36. The van der Waals surface area contributed by atoms with Gasteiger partial charge in [-0.2, -0.15) is 4.98 Å². The highest BCUT2D eigenvalue weighted by atomic mass is 79.9. The van der Waals surface area contributed by atoms with Crippen molar-refractivity contribution in [3.05, 3.63) is 110 Å². The van der Waals surface area contributed by atoms with E-state index in [1.165, 1.54) is 11.8 Å². The minimum Gasteiger partial charge on any atom is -0.489 e. The number of ketones is 1. The van der Waals surface area contributed by atoms with Gasteiger partial charge in [0.25, 0.3) is 0 Å². The summed E-state index contributed by atoms with van der Waals surface area (Å²) < 4.78 is 8.92. The first-order valence-electron chi connectivity index (χ1n) is 13.1. The molecule has 2 aliphatic rings. The Hall–Kier alpha value is -3.07. The number of Topliss-reactive ketones (excluding diaryl/α,β-unsaturated/α-hetero) is 1. The molecule has 0 bridgehead atoms. The minimum absolute atomic E-state index is 0.123. The molecule has 0 amide bonds. The number of ether oxygens (including phenoxy) is 1. The minimum atomic E-state index is -0.363. The molecular formula is C31H28BrClN4O2S. The number of fused-ring (bicyclic) bond motifs is 1. The van der Waals surface area contributed by atoms with Crippen LogP contribution in [-0.2, 0) is 17.2 Å². The van der Waals surface area contributed by atoms with Crippen LogP contribution >= 0.6 is 39.3 Å². The average molecular weight is 636 g/mol. The summed E-state index contributed by atoms with van der Waals surface area (Å²) in [5.41, 5.74) is 4.66. The van der Waals surface area contributed by atoms with Crippen LogP contribution in [0.4, 0.5) is 5.95 Å². The van der Waals surface area contributed by atoms with Crippen LogP contribution in [0.25, 0.3) is 0 Å². The summed E-state index contributed by atoms with van der Waals surface area (Å²) >= 11 is 11.4. The van der Waals surface area contributed by atoms with Crippen LogP contribution in [-0.4, -0.2) is 20.5 Å². The van der Waals surface area contributed by atoms with Crippen LogP contribution in [0, 0.1) is 5.41 Å². The quantitative estimate of drug-likeness (QED) is 0.206. The van der Waals surface area contributed by atoms with Gasteiger partial charge < -0.3 is 10.1 Å². The second kappa shape index (κ2) is 11.1. The Balaban J connectivity index is 1.29. The van der Waals surface area contributed by atoms with E-state index >= 15 is 0 Å². The molecule has 9 heteroatoms. The number of aromatic nitrogens is 3. The van der Waals surface area contributed by atoms with Crippen molar-refractivity contribution in [1.29, 1.82) is 0 Å². The fourth-order valence-corrected chi connectivity index (χ4v) is 6.59. The van der Waals surface area contributed by atoms with Gasteiger partial charge in [-0.3, -0.25) is 4.79 Å². The van der Waals surface area contributed by atoms with Gasteiger partial charge in [0, 0.05) is 32.9 Å². The van der Waals surface area contributed by atoms with E-state index in [9.17, 15) is 4.79 Å². The number of carbonyl (C=O) groups excluding carboxylic acids is 1. The smallest absolute Gasteiger partial charge is 0.227 e. The van der Waals surface area contributed by atoms with Gasteiger partial charge in [-0.1, -0.05) is 95.6 Å². The van der Waals surface area contributed by atoms with Crippen LogP contribution in [0.2, 0.25) is 5.02 Å². The lowest BCUT2D eigenvalue weighted by molar-refractivity contribution is -0.118. The molecule has 3 aromatic carbocycles. The maximum atomic E-state index is 13.5. The summed E-state index contributed by atoms with van der Waals surface area (Å²) in [6, 6.07) is 23.5. The fraction of sp³-hybridized carbons (Fsp3) is 0.258. The van der Waals surface area contributed by atoms with Gasteiger partial charge in [-0.05, 0) is 58.9 Å². The van der Waals surface area contributed by atoms with Crippen LogP contribution in [0.1, 0.15) is 49.4 Å². The molecule has 4 aromatic rings. The molecule has 1 atom stereocenters. The molecule has 0 fully saturated rings. The molecule has 6 nitrogen and oxygen atoms in total. The predicted molar refractivity (Wildman–Crippen MR) is 163 cm³/mol. The lowest BCUT2D eigenvalue weighted by Gasteiger charge is -2.38. The zero-order valence-electron chi connectivity index (χ0n) is 22.2. The van der Waals surface area contributed by atoms with Crippen LogP contribution in [0.15, 0.2) is 93.7 Å². The van der Waals surface area contributed by atoms with Crippen LogP contribution < -0.4 is 10.1 Å². The average Bonchev–Trinajstić information content (AvgIpc) is 3.33. The Morgan fingerprint density at radius 1 is 1.07 bits per heavy atom. The van der Waals surface area contributed by atoms with Crippen molar-refractivity contribution in [3.63, 3.8) is 0 Å². The number of benzene rings is 3. The van der Waals surface area contributed by atoms with Crippen molar-refractivity contribution in [2.45, 2.75) is 50.2 Å². The molecule has 0 spiro atoms. The number of hydrogen-bond donors (Lipinski definition) is 1. The Kier molecular flexibility index (Phi) is 7.50. The van der Waals surface area contributed by atoms with Crippen LogP contribution in [0.3, 0.4) is 0 Å². The first-order chi connectivity index (χ1) is 19.3. The van der Waals surface area contributed by atoms with Gasteiger partial charge in [-0.25, -0.2) is 4.68 Å². The standard InChI is InChI=1S/C31H28BrClN4O2S/c1-31(2)15-25-27(26(38)16-31)28(20-9-13-23(14-10-20)39-17-19-7-11-22(32)12-8-19)37-29(34-25)35-30(36-37)40-18-21-5-3-4-6-24(21)33/h3-14,28H,15-18H2,1-2H3,(H,34,35,36). The third-order valence-electron chi connectivity index (χ3n) is 7.14. The SMILES string of the molecule is CC1(C)CC(=O)C2=C(C1)Nc1nc(SCc3ccccc3Cl)nn1C2c1ccc(OCc2ccc(Br)cc2)cc1. The van der Waals surface area contributed by atoms with Crippen LogP contribution in [0.5, 0.6) is 5.75 Å². The second-order valence-corrected chi connectivity index (χ2v) is 13.2. The first-order valence-corrected chi connectivity index (χ1v) is 15.2. The molecule has 0 saturated carbocycles. The molecule has 2 heterocycles. The summed E-state index contributed by atoms with van der Waals surface area (Å²) in [5.74, 6) is 2.20. The fourth-order valence-electron chi connectivity index (χ4n) is 5.21. The largest absolute Gasteiger partial charge is 0.489 e. The highest BCUT2D eigenvalue weighted by molar-refractivity contribution is 9.10. The number of halogens is 2. The van der Waals surface area contributed by atoms with Crippen molar-refractivity contribution < 1.29 is 9.53 Å². The summed E-state index contributed by atoms with van der Waals surface area (Å²) in [4.78, 5) is 18.3. The molecule has 1 aliphatic heterocycles. The Morgan fingerprint density at radius 3 is 2.58 bits per heavy atom. The van der Waals surface area contributed by atoms with Gasteiger partial charge in [0.2, 0.25) is 11.1 Å². The Labute approximate surface area is 251 Å². The number of anilines is 1. The first kappa shape index (κ1) is 27.1. The maximum absolute atomic E-state index is 13.5. The van der Waals surface area contributed by atoms with E-state index in [2.05, 4.69) is 35.1 Å². The lowest BCUT2D eigenvalue weighted by atomic mass is 9.73. The highest BCUT2D eigenvalue weighted by Gasteiger charge is 2.41. The molecule has 6 rings (SSSR count). The van der Waals surface area contributed by atoms with Crippen molar-refractivity contribution in [1.82, 2.24) is 14.8 Å². The van der Waals surface area contributed by atoms with E-state index < -0.39 is 0 Å².